The average Bonchev–Trinajstić information content (AvgIpc) is 2.82. The highest BCUT2D eigenvalue weighted by Crippen LogP contribution is 2.25. The third kappa shape index (κ3) is 3.05. The number of nitrogens with zero attached hydrogens (tertiary/aromatic N) is 1. The number of nitrogens with one attached hydrogen (secondary N) is 1. The third-order valence-corrected chi connectivity index (χ3v) is 4.43. The Hall–Kier alpha value is -1.60. The molecule has 0 aromatic carbocycles. The van der Waals surface area contributed by atoms with Gasteiger partial charge in [0.1, 0.15) is 5.82 Å². The van der Waals surface area contributed by atoms with Gasteiger partial charge in [-0.15, -0.1) is 11.3 Å². The number of nitrogens with two attached hydrogens (primary N) is 1. The van der Waals surface area contributed by atoms with Crippen LogP contribution in [0.25, 0.3) is 0 Å². The van der Waals surface area contributed by atoms with Crippen LogP contribution < -0.4 is 11.1 Å². The smallest absolute Gasteiger partial charge is 0.340 e. The summed E-state index contributed by atoms with van der Waals surface area (Å²) in [6, 6.07) is 3.51. The second-order valence-electron chi connectivity index (χ2n) is 3.66. The molecule has 0 unspecified atom stereocenters. The molecule has 7 heteroatoms. The summed E-state index contributed by atoms with van der Waals surface area (Å²) >= 11 is 5.07. The fourth-order valence-corrected chi connectivity index (χ4v) is 2.95. The Labute approximate surface area is 122 Å². The second-order valence-corrected chi connectivity index (χ2v) is 5.51. The zero-order valence-corrected chi connectivity index (χ0v) is 12.5. The van der Waals surface area contributed by atoms with Crippen LogP contribution in [0.4, 0.5) is 11.5 Å². The molecule has 0 fully saturated rings. The first-order chi connectivity index (χ1) is 9.13. The number of rotatable bonds is 4. The Balaban J connectivity index is 2.17. The molecule has 0 aliphatic rings. The van der Waals surface area contributed by atoms with Gasteiger partial charge in [0.15, 0.2) is 0 Å². The molecule has 0 saturated heterocycles. The molecule has 5 nitrogen and oxygen atoms in total. The normalized spacial score (nSPS) is 10.2. The first-order valence-electron chi connectivity index (χ1n) is 5.42. The van der Waals surface area contributed by atoms with Crippen LogP contribution in [-0.2, 0) is 11.3 Å². The number of ether oxygens (including phenoxy) is 1. The van der Waals surface area contributed by atoms with Gasteiger partial charge in [0.05, 0.1) is 24.9 Å². The number of halogens is 1. The van der Waals surface area contributed by atoms with Crippen LogP contribution >= 0.6 is 27.3 Å². The van der Waals surface area contributed by atoms with Crippen LogP contribution in [0.5, 0.6) is 0 Å². The van der Waals surface area contributed by atoms with Gasteiger partial charge in [0.2, 0.25) is 0 Å². The van der Waals surface area contributed by atoms with E-state index < -0.39 is 5.97 Å². The van der Waals surface area contributed by atoms with Gasteiger partial charge in [-0.25, -0.2) is 9.78 Å². The number of pyridine rings is 1. The van der Waals surface area contributed by atoms with Crippen molar-refractivity contribution >= 4 is 44.7 Å². The van der Waals surface area contributed by atoms with Gasteiger partial charge in [-0.2, -0.15) is 0 Å². The minimum atomic E-state index is -0.472. The maximum atomic E-state index is 11.5. The molecular weight excluding hydrogens is 330 g/mol. The van der Waals surface area contributed by atoms with Crippen LogP contribution in [0.3, 0.4) is 0 Å². The molecule has 0 radical (unpaired) electrons. The van der Waals surface area contributed by atoms with Crippen molar-refractivity contribution in [2.75, 3.05) is 18.2 Å². The Bertz CT molecular complexity index is 600. The second kappa shape index (κ2) is 6.03. The van der Waals surface area contributed by atoms with E-state index in [-0.39, 0.29) is 0 Å². The monoisotopic (exact) mass is 341 g/mol. The number of methoxy groups -OCH3 is 1. The fraction of sp³-hybridized carbons (Fsp3) is 0.167. The summed E-state index contributed by atoms with van der Waals surface area (Å²) in [5.41, 5.74) is 6.51. The highest BCUT2D eigenvalue weighted by Gasteiger charge is 2.14. The van der Waals surface area contributed by atoms with Crippen molar-refractivity contribution in [2.45, 2.75) is 6.54 Å². The summed E-state index contributed by atoms with van der Waals surface area (Å²) < 4.78 is 5.70. The van der Waals surface area contributed by atoms with Crippen molar-refractivity contribution in [3.8, 4) is 0 Å². The molecule has 0 bridgehead atoms. The van der Waals surface area contributed by atoms with E-state index in [0.717, 1.165) is 9.35 Å². The standard InChI is InChI=1S/C12H12BrN3O2S/c1-18-12(17)7-2-4-15-11(10(7)14)16-6-9-8(13)3-5-19-9/h2-5H,6,14H2,1H3,(H,15,16). The number of hydrogen-bond acceptors (Lipinski definition) is 6. The molecule has 0 saturated carbocycles. The number of carbonyl (C=O) groups excluding carboxylic acids is 1. The topological polar surface area (TPSA) is 77.2 Å². The quantitative estimate of drug-likeness (QED) is 0.836. The predicted molar refractivity (Wildman–Crippen MR) is 79.3 cm³/mol. The Morgan fingerprint density at radius 1 is 1.58 bits per heavy atom. The summed E-state index contributed by atoms with van der Waals surface area (Å²) in [7, 11) is 1.32. The highest BCUT2D eigenvalue weighted by atomic mass is 79.9. The number of aromatic nitrogens is 1. The van der Waals surface area contributed by atoms with Crippen LogP contribution in [0.2, 0.25) is 0 Å². The third-order valence-electron chi connectivity index (χ3n) is 2.50. The van der Waals surface area contributed by atoms with Gasteiger partial charge in [-0.1, -0.05) is 0 Å². The lowest BCUT2D eigenvalue weighted by molar-refractivity contribution is 0.0602. The zero-order valence-electron chi connectivity index (χ0n) is 10.1. The van der Waals surface area contributed by atoms with Crippen LogP contribution in [0.1, 0.15) is 15.2 Å². The lowest BCUT2D eigenvalue weighted by Crippen LogP contribution is -2.10. The van der Waals surface area contributed by atoms with Crippen molar-refractivity contribution in [2.24, 2.45) is 0 Å². The van der Waals surface area contributed by atoms with Crippen molar-refractivity contribution < 1.29 is 9.53 Å². The predicted octanol–water partition coefficient (Wildman–Crippen LogP) is 2.89. The van der Waals surface area contributed by atoms with Gasteiger partial charge >= 0.3 is 5.97 Å². The van der Waals surface area contributed by atoms with E-state index in [2.05, 4.69) is 31.0 Å². The summed E-state index contributed by atoms with van der Waals surface area (Å²) in [6.45, 7) is 0.583. The molecule has 0 spiro atoms. The number of nitrogen functional groups attached to an aromatic ring is 1. The molecule has 3 N–H and O–H groups in total. The fourth-order valence-electron chi connectivity index (χ4n) is 1.52. The SMILES string of the molecule is COC(=O)c1ccnc(NCc2sccc2Br)c1N. The molecule has 2 aromatic rings. The average molecular weight is 342 g/mol. The Kier molecular flexibility index (Phi) is 4.39. The number of hydrogen-bond donors (Lipinski definition) is 2. The number of carbonyl (C=O) groups is 1. The molecule has 2 rings (SSSR count). The van der Waals surface area contributed by atoms with E-state index in [4.69, 9.17) is 5.73 Å². The van der Waals surface area contributed by atoms with Gasteiger partial charge in [-0.3, -0.25) is 0 Å². The van der Waals surface area contributed by atoms with E-state index in [9.17, 15) is 4.79 Å². The number of esters is 1. The minimum absolute atomic E-state index is 0.294. The molecule has 0 aliphatic carbocycles. The highest BCUT2D eigenvalue weighted by molar-refractivity contribution is 9.10. The number of thiophene rings is 1. The molecule has 19 heavy (non-hydrogen) atoms. The summed E-state index contributed by atoms with van der Waals surface area (Å²) in [5, 5.41) is 5.10. The molecule has 0 amide bonds. The first kappa shape index (κ1) is 13.8. The summed E-state index contributed by atoms with van der Waals surface area (Å²) in [5.74, 6) is 0.00320. The largest absolute Gasteiger partial charge is 0.465 e. The summed E-state index contributed by atoms with van der Waals surface area (Å²) in [6.07, 6.45) is 1.52. The van der Waals surface area contributed by atoms with E-state index in [1.165, 1.54) is 19.4 Å². The zero-order chi connectivity index (χ0) is 13.8. The van der Waals surface area contributed by atoms with Crippen LogP contribution in [-0.4, -0.2) is 18.1 Å². The maximum Gasteiger partial charge on any atom is 0.340 e. The molecule has 2 heterocycles. The first-order valence-corrected chi connectivity index (χ1v) is 7.09. The van der Waals surface area contributed by atoms with Crippen molar-refractivity contribution in [3.05, 3.63) is 38.6 Å². The van der Waals surface area contributed by atoms with Crippen molar-refractivity contribution in [3.63, 3.8) is 0 Å². The lowest BCUT2D eigenvalue weighted by Gasteiger charge is -2.10. The number of anilines is 2. The van der Waals surface area contributed by atoms with Crippen molar-refractivity contribution in [1.82, 2.24) is 4.98 Å². The van der Waals surface area contributed by atoms with Gasteiger partial charge in [0.25, 0.3) is 0 Å². The van der Waals surface area contributed by atoms with E-state index in [1.807, 2.05) is 11.4 Å². The molecule has 0 aliphatic heterocycles. The minimum Gasteiger partial charge on any atom is -0.465 e. The van der Waals surface area contributed by atoms with Crippen LogP contribution in [0.15, 0.2) is 28.2 Å². The van der Waals surface area contributed by atoms with Crippen LogP contribution in [0, 0.1) is 0 Å². The van der Waals surface area contributed by atoms with E-state index in [1.54, 1.807) is 11.3 Å². The van der Waals surface area contributed by atoms with E-state index in [0.29, 0.717) is 23.6 Å². The maximum absolute atomic E-state index is 11.5. The van der Waals surface area contributed by atoms with E-state index >= 15 is 0 Å². The van der Waals surface area contributed by atoms with Gasteiger partial charge in [0, 0.05) is 15.5 Å². The lowest BCUT2D eigenvalue weighted by atomic mass is 10.2. The van der Waals surface area contributed by atoms with Gasteiger partial charge < -0.3 is 15.8 Å². The molecule has 2 aromatic heterocycles. The van der Waals surface area contributed by atoms with Crippen molar-refractivity contribution in [1.29, 1.82) is 0 Å². The van der Waals surface area contributed by atoms with Gasteiger partial charge in [-0.05, 0) is 33.4 Å². The Morgan fingerprint density at radius 2 is 2.37 bits per heavy atom. The Morgan fingerprint density at radius 3 is 3.00 bits per heavy atom. The molecule has 0 atom stereocenters. The summed E-state index contributed by atoms with van der Waals surface area (Å²) in [4.78, 5) is 16.8. The molecular formula is C12H12BrN3O2S. The molecule has 100 valence electrons.